The third-order valence-corrected chi connectivity index (χ3v) is 3.85. The fraction of sp³-hybridized carbons (Fsp3) is 0.200. The lowest BCUT2D eigenvalue weighted by molar-refractivity contribution is 0.590. The van der Waals surface area contributed by atoms with Gasteiger partial charge in [-0.05, 0) is 54.4 Å². The van der Waals surface area contributed by atoms with Crippen LogP contribution in [0.25, 0.3) is 0 Å². The highest BCUT2D eigenvalue weighted by atomic mass is 79.9. The molecule has 0 spiro atoms. The lowest BCUT2D eigenvalue weighted by Gasteiger charge is -2.16. The molecule has 0 aliphatic rings. The van der Waals surface area contributed by atoms with Gasteiger partial charge in [0.25, 0.3) is 0 Å². The van der Waals surface area contributed by atoms with E-state index in [1.54, 1.807) is 12.1 Å². The molecule has 0 saturated heterocycles. The molecule has 2 aromatic rings. The molecule has 1 nitrogen and oxygen atoms in total. The number of hydrogen-bond acceptors (Lipinski definition) is 1. The summed E-state index contributed by atoms with van der Waals surface area (Å²) in [5.74, 6) is -0.114. The zero-order valence-corrected chi connectivity index (χ0v) is 12.6. The van der Waals surface area contributed by atoms with Gasteiger partial charge in [-0.1, -0.05) is 39.7 Å². The number of nitrogens with two attached hydrogens (primary N) is 1. The summed E-state index contributed by atoms with van der Waals surface area (Å²) in [6, 6.07) is 12.5. The van der Waals surface area contributed by atoms with E-state index in [-0.39, 0.29) is 11.7 Å². The zero-order chi connectivity index (χ0) is 13.8. The van der Waals surface area contributed by atoms with Crippen LogP contribution < -0.4 is 5.73 Å². The first-order valence-corrected chi connectivity index (χ1v) is 7.16. The Hall–Kier alpha value is -0.900. The Morgan fingerprint density at radius 3 is 2.47 bits per heavy atom. The van der Waals surface area contributed by atoms with E-state index in [1.807, 2.05) is 24.3 Å². The predicted octanol–water partition coefficient (Wildman–Crippen LogP) is 4.53. The maximum atomic E-state index is 13.8. The highest BCUT2D eigenvalue weighted by Crippen LogP contribution is 2.25. The van der Waals surface area contributed by atoms with Crippen molar-refractivity contribution in [1.29, 1.82) is 0 Å². The summed E-state index contributed by atoms with van der Waals surface area (Å²) in [5.41, 5.74) is 7.55. The van der Waals surface area contributed by atoms with Gasteiger partial charge in [-0.3, -0.25) is 0 Å². The Kier molecular flexibility index (Phi) is 4.97. The molecule has 100 valence electrons. The molecule has 0 aromatic heterocycles. The number of benzene rings is 2. The molecule has 0 amide bonds. The SMILES string of the molecule is NCC(Cc1cc(Br)ccc1F)c1ccc(Cl)cc1. The van der Waals surface area contributed by atoms with Gasteiger partial charge >= 0.3 is 0 Å². The van der Waals surface area contributed by atoms with Crippen molar-refractivity contribution >= 4 is 27.5 Å². The highest BCUT2D eigenvalue weighted by molar-refractivity contribution is 9.10. The predicted molar refractivity (Wildman–Crippen MR) is 81.1 cm³/mol. The van der Waals surface area contributed by atoms with Crippen LogP contribution in [-0.4, -0.2) is 6.54 Å². The molecule has 0 fully saturated rings. The molecular formula is C15H14BrClFN. The molecule has 0 saturated carbocycles. The average Bonchev–Trinajstić information content (AvgIpc) is 2.41. The van der Waals surface area contributed by atoms with Crippen LogP contribution in [0.15, 0.2) is 46.9 Å². The van der Waals surface area contributed by atoms with Crippen LogP contribution in [0.3, 0.4) is 0 Å². The van der Waals surface area contributed by atoms with Crippen molar-refractivity contribution in [3.05, 3.63) is 68.9 Å². The number of hydrogen-bond donors (Lipinski definition) is 1. The van der Waals surface area contributed by atoms with Gasteiger partial charge in [0.05, 0.1) is 0 Å². The fourth-order valence-corrected chi connectivity index (χ4v) is 2.57. The van der Waals surface area contributed by atoms with Gasteiger partial charge in [0.1, 0.15) is 5.82 Å². The van der Waals surface area contributed by atoms with Gasteiger partial charge in [0.15, 0.2) is 0 Å². The monoisotopic (exact) mass is 341 g/mol. The molecular weight excluding hydrogens is 329 g/mol. The van der Waals surface area contributed by atoms with Gasteiger partial charge in [0, 0.05) is 15.4 Å². The van der Waals surface area contributed by atoms with Crippen LogP contribution in [0.4, 0.5) is 4.39 Å². The van der Waals surface area contributed by atoms with E-state index in [0.717, 1.165) is 10.0 Å². The first kappa shape index (κ1) is 14.5. The second-order valence-corrected chi connectivity index (χ2v) is 5.78. The lowest BCUT2D eigenvalue weighted by Crippen LogP contribution is -2.15. The molecule has 19 heavy (non-hydrogen) atoms. The minimum atomic E-state index is -0.199. The maximum Gasteiger partial charge on any atom is 0.126 e. The van der Waals surface area contributed by atoms with Crippen LogP contribution in [0.5, 0.6) is 0 Å². The summed E-state index contributed by atoms with van der Waals surface area (Å²) >= 11 is 9.23. The minimum Gasteiger partial charge on any atom is -0.330 e. The Morgan fingerprint density at radius 1 is 1.16 bits per heavy atom. The maximum absolute atomic E-state index is 13.8. The Bertz CT molecular complexity index is 557. The van der Waals surface area contributed by atoms with E-state index < -0.39 is 0 Å². The quantitative estimate of drug-likeness (QED) is 0.868. The van der Waals surface area contributed by atoms with Crippen molar-refractivity contribution in [3.8, 4) is 0 Å². The average molecular weight is 343 g/mol. The summed E-state index contributed by atoms with van der Waals surface area (Å²) in [7, 11) is 0. The molecule has 4 heteroatoms. The molecule has 1 unspecified atom stereocenters. The molecule has 0 aliphatic carbocycles. The smallest absolute Gasteiger partial charge is 0.126 e. The molecule has 0 radical (unpaired) electrons. The van der Waals surface area contributed by atoms with Crippen molar-refractivity contribution < 1.29 is 4.39 Å². The molecule has 2 rings (SSSR count). The summed E-state index contributed by atoms with van der Waals surface area (Å²) in [6.45, 7) is 0.466. The van der Waals surface area contributed by atoms with Crippen molar-refractivity contribution in [1.82, 2.24) is 0 Å². The number of halogens is 3. The third kappa shape index (κ3) is 3.78. The van der Waals surface area contributed by atoms with Crippen LogP contribution >= 0.6 is 27.5 Å². The minimum absolute atomic E-state index is 0.0843. The van der Waals surface area contributed by atoms with E-state index in [4.69, 9.17) is 17.3 Å². The normalized spacial score (nSPS) is 12.4. The van der Waals surface area contributed by atoms with Crippen molar-refractivity contribution in [3.63, 3.8) is 0 Å². The van der Waals surface area contributed by atoms with Crippen LogP contribution in [-0.2, 0) is 6.42 Å². The first-order valence-electron chi connectivity index (χ1n) is 5.99. The van der Waals surface area contributed by atoms with Crippen molar-refractivity contribution in [2.45, 2.75) is 12.3 Å². The van der Waals surface area contributed by atoms with Gasteiger partial charge in [-0.25, -0.2) is 4.39 Å². The standard InChI is InChI=1S/C15H14BrClFN/c16-13-3-6-15(18)11(8-13)7-12(9-19)10-1-4-14(17)5-2-10/h1-6,8,12H,7,9,19H2. The van der Waals surface area contributed by atoms with Crippen LogP contribution in [0.1, 0.15) is 17.0 Å². The van der Waals surface area contributed by atoms with Gasteiger partial charge in [0.2, 0.25) is 0 Å². The van der Waals surface area contributed by atoms with E-state index in [0.29, 0.717) is 23.6 Å². The molecule has 2 aromatic carbocycles. The molecule has 0 bridgehead atoms. The topological polar surface area (TPSA) is 26.0 Å². The Balaban J connectivity index is 2.23. The van der Waals surface area contributed by atoms with Gasteiger partial charge in [-0.2, -0.15) is 0 Å². The lowest BCUT2D eigenvalue weighted by atomic mass is 9.92. The largest absolute Gasteiger partial charge is 0.330 e. The van der Waals surface area contributed by atoms with Gasteiger partial charge < -0.3 is 5.73 Å². The molecule has 0 aliphatic heterocycles. The van der Waals surface area contributed by atoms with Crippen molar-refractivity contribution in [2.24, 2.45) is 5.73 Å². The van der Waals surface area contributed by atoms with E-state index in [2.05, 4.69) is 15.9 Å². The van der Waals surface area contributed by atoms with Gasteiger partial charge in [-0.15, -0.1) is 0 Å². The second kappa shape index (κ2) is 6.51. The van der Waals surface area contributed by atoms with E-state index >= 15 is 0 Å². The second-order valence-electron chi connectivity index (χ2n) is 4.42. The molecule has 1 atom stereocenters. The van der Waals surface area contributed by atoms with E-state index in [1.165, 1.54) is 6.07 Å². The highest BCUT2D eigenvalue weighted by Gasteiger charge is 2.13. The fourth-order valence-electron chi connectivity index (χ4n) is 2.04. The first-order chi connectivity index (χ1) is 9.10. The Morgan fingerprint density at radius 2 is 1.84 bits per heavy atom. The molecule has 0 heterocycles. The third-order valence-electron chi connectivity index (χ3n) is 3.10. The summed E-state index contributed by atoms with van der Waals surface area (Å²) in [4.78, 5) is 0. The van der Waals surface area contributed by atoms with Crippen LogP contribution in [0, 0.1) is 5.82 Å². The zero-order valence-electron chi connectivity index (χ0n) is 10.2. The summed E-state index contributed by atoms with van der Waals surface area (Å²) in [6.07, 6.45) is 0.573. The summed E-state index contributed by atoms with van der Waals surface area (Å²) in [5, 5.41) is 0.688. The Labute approximate surface area is 125 Å². The van der Waals surface area contributed by atoms with Crippen LogP contribution in [0.2, 0.25) is 5.02 Å². The number of rotatable bonds is 4. The summed E-state index contributed by atoms with van der Waals surface area (Å²) < 4.78 is 14.6. The van der Waals surface area contributed by atoms with E-state index in [9.17, 15) is 4.39 Å². The van der Waals surface area contributed by atoms with Crippen molar-refractivity contribution in [2.75, 3.05) is 6.54 Å². The molecule has 2 N–H and O–H groups in total.